The van der Waals surface area contributed by atoms with E-state index in [4.69, 9.17) is 0 Å². The summed E-state index contributed by atoms with van der Waals surface area (Å²) < 4.78 is 0. The Morgan fingerprint density at radius 3 is 3.00 bits per heavy atom. The summed E-state index contributed by atoms with van der Waals surface area (Å²) in [6.07, 6.45) is 2.34. The molecule has 0 unspecified atom stereocenters. The molecule has 0 amide bonds. The molecule has 1 N–H and O–H groups in total. The number of nitrogens with zero attached hydrogens (tertiary/aromatic N) is 1. The highest BCUT2D eigenvalue weighted by atomic mass is 16.1. The van der Waals surface area contributed by atoms with Crippen LogP contribution in [0.2, 0.25) is 0 Å². The normalized spacial score (nSPS) is 17.0. The molecule has 15 heavy (non-hydrogen) atoms. The molecular weight excluding hydrogens is 188 g/mol. The minimum Gasteiger partial charge on any atom is -0.384 e. The molecular formula is C12H16N2O. The van der Waals surface area contributed by atoms with E-state index in [2.05, 4.69) is 24.1 Å². The van der Waals surface area contributed by atoms with Gasteiger partial charge in [0, 0.05) is 35.8 Å². The van der Waals surface area contributed by atoms with E-state index in [1.165, 1.54) is 5.56 Å². The third-order valence-electron chi connectivity index (χ3n) is 2.96. The summed E-state index contributed by atoms with van der Waals surface area (Å²) >= 11 is 0. The van der Waals surface area contributed by atoms with Crippen molar-refractivity contribution in [2.45, 2.75) is 32.6 Å². The van der Waals surface area contributed by atoms with Gasteiger partial charge in [0.1, 0.15) is 5.69 Å². The molecule has 2 heterocycles. The number of aromatic nitrogens is 1. The fourth-order valence-electron chi connectivity index (χ4n) is 1.89. The maximum atomic E-state index is 11.5. The van der Waals surface area contributed by atoms with E-state index in [0.717, 1.165) is 12.2 Å². The van der Waals surface area contributed by atoms with Crippen molar-refractivity contribution in [3.05, 3.63) is 23.5 Å². The first-order valence-corrected chi connectivity index (χ1v) is 5.32. The number of Topliss-reactive ketones (excluding diaryl/α,β-unsaturated/α-hetero) is 1. The van der Waals surface area contributed by atoms with Crippen LogP contribution in [0.1, 0.15) is 43.2 Å². The van der Waals surface area contributed by atoms with Crippen molar-refractivity contribution in [3.63, 3.8) is 0 Å². The van der Waals surface area contributed by atoms with E-state index in [-0.39, 0.29) is 11.2 Å². The van der Waals surface area contributed by atoms with Gasteiger partial charge in [0.25, 0.3) is 0 Å². The number of carbonyl (C=O) groups excluding carboxylic acids is 1. The van der Waals surface area contributed by atoms with Gasteiger partial charge in [0.05, 0.1) is 0 Å². The molecule has 0 saturated heterocycles. The lowest BCUT2D eigenvalue weighted by Gasteiger charge is -2.16. The predicted molar refractivity (Wildman–Crippen MR) is 60.4 cm³/mol. The Kier molecular flexibility index (Phi) is 2.25. The van der Waals surface area contributed by atoms with Crippen LogP contribution < -0.4 is 5.32 Å². The summed E-state index contributed by atoms with van der Waals surface area (Å²) in [5, 5.41) is 3.32. The van der Waals surface area contributed by atoms with Crippen LogP contribution in [0, 0.1) is 0 Å². The van der Waals surface area contributed by atoms with Gasteiger partial charge in [0.2, 0.25) is 0 Å². The second kappa shape index (κ2) is 3.33. The Labute approximate surface area is 89.9 Å². The standard InChI is InChI=1S/C12H16N2O/c1-4-11(15)10-5-9-8(6-13-10)12(2,3)7-14-9/h5-6,14H,4,7H2,1-3H3. The molecule has 0 fully saturated rings. The Hall–Kier alpha value is -1.38. The zero-order valence-corrected chi connectivity index (χ0v) is 9.42. The molecule has 1 aromatic heterocycles. The number of hydrogen-bond donors (Lipinski definition) is 1. The summed E-state index contributed by atoms with van der Waals surface area (Å²) in [6.45, 7) is 7.12. The molecule has 0 atom stereocenters. The number of nitrogens with one attached hydrogen (secondary N) is 1. The highest BCUT2D eigenvalue weighted by Crippen LogP contribution is 2.35. The first kappa shape index (κ1) is 10.1. The zero-order valence-electron chi connectivity index (χ0n) is 9.42. The summed E-state index contributed by atoms with van der Waals surface area (Å²) in [5.74, 6) is 0.101. The lowest BCUT2D eigenvalue weighted by Crippen LogP contribution is -2.19. The van der Waals surface area contributed by atoms with E-state index in [1.54, 1.807) is 0 Å². The van der Waals surface area contributed by atoms with E-state index in [9.17, 15) is 4.79 Å². The molecule has 0 radical (unpaired) electrons. The van der Waals surface area contributed by atoms with Crippen LogP contribution in [0.5, 0.6) is 0 Å². The number of rotatable bonds is 2. The molecule has 0 aliphatic carbocycles. The van der Waals surface area contributed by atoms with E-state index in [0.29, 0.717) is 12.1 Å². The highest BCUT2D eigenvalue weighted by Gasteiger charge is 2.30. The zero-order chi connectivity index (χ0) is 11.1. The summed E-state index contributed by atoms with van der Waals surface area (Å²) in [6, 6.07) is 1.87. The van der Waals surface area contributed by atoms with Gasteiger partial charge in [-0.05, 0) is 6.07 Å². The molecule has 2 rings (SSSR count). The van der Waals surface area contributed by atoms with Crippen LogP contribution in [-0.4, -0.2) is 17.3 Å². The van der Waals surface area contributed by atoms with Crippen LogP contribution in [-0.2, 0) is 5.41 Å². The largest absolute Gasteiger partial charge is 0.384 e. The molecule has 80 valence electrons. The molecule has 3 heteroatoms. The number of fused-ring (bicyclic) bond motifs is 1. The Balaban J connectivity index is 2.42. The SMILES string of the molecule is CCC(=O)c1cc2c(cn1)C(C)(C)CN2. The van der Waals surface area contributed by atoms with Crippen molar-refractivity contribution in [1.29, 1.82) is 0 Å². The fourth-order valence-corrected chi connectivity index (χ4v) is 1.89. The Bertz CT molecular complexity index is 410. The number of pyridine rings is 1. The van der Waals surface area contributed by atoms with Crippen LogP contribution in [0.4, 0.5) is 5.69 Å². The fraction of sp³-hybridized carbons (Fsp3) is 0.500. The van der Waals surface area contributed by atoms with Gasteiger partial charge < -0.3 is 5.32 Å². The summed E-state index contributed by atoms with van der Waals surface area (Å²) in [7, 11) is 0. The monoisotopic (exact) mass is 204 g/mol. The summed E-state index contributed by atoms with van der Waals surface area (Å²) in [5.41, 5.74) is 2.96. The van der Waals surface area contributed by atoms with E-state index >= 15 is 0 Å². The van der Waals surface area contributed by atoms with Crippen molar-refractivity contribution < 1.29 is 4.79 Å². The molecule has 0 bridgehead atoms. The molecule has 1 aromatic rings. The first-order valence-electron chi connectivity index (χ1n) is 5.32. The average molecular weight is 204 g/mol. The maximum Gasteiger partial charge on any atom is 0.180 e. The smallest absolute Gasteiger partial charge is 0.180 e. The van der Waals surface area contributed by atoms with Crippen molar-refractivity contribution in [3.8, 4) is 0 Å². The third kappa shape index (κ3) is 1.62. The second-order valence-corrected chi connectivity index (χ2v) is 4.63. The van der Waals surface area contributed by atoms with E-state index in [1.807, 2.05) is 19.2 Å². The van der Waals surface area contributed by atoms with Gasteiger partial charge >= 0.3 is 0 Å². The lowest BCUT2D eigenvalue weighted by molar-refractivity contribution is 0.0983. The van der Waals surface area contributed by atoms with Crippen molar-refractivity contribution in [2.75, 3.05) is 11.9 Å². The Morgan fingerprint density at radius 1 is 1.60 bits per heavy atom. The van der Waals surface area contributed by atoms with Crippen LogP contribution in [0.3, 0.4) is 0 Å². The van der Waals surface area contributed by atoms with Crippen molar-refractivity contribution in [1.82, 2.24) is 4.98 Å². The van der Waals surface area contributed by atoms with Gasteiger partial charge in [-0.2, -0.15) is 0 Å². The topological polar surface area (TPSA) is 42.0 Å². The van der Waals surface area contributed by atoms with Crippen LogP contribution >= 0.6 is 0 Å². The quantitative estimate of drug-likeness (QED) is 0.752. The third-order valence-corrected chi connectivity index (χ3v) is 2.96. The number of anilines is 1. The predicted octanol–water partition coefficient (Wildman–Crippen LogP) is 2.38. The molecule has 0 spiro atoms. The van der Waals surface area contributed by atoms with Gasteiger partial charge in [-0.3, -0.25) is 9.78 Å². The van der Waals surface area contributed by atoms with Gasteiger partial charge in [0.15, 0.2) is 5.78 Å². The summed E-state index contributed by atoms with van der Waals surface area (Å²) in [4.78, 5) is 15.7. The maximum absolute atomic E-state index is 11.5. The van der Waals surface area contributed by atoms with Crippen molar-refractivity contribution in [2.24, 2.45) is 0 Å². The first-order chi connectivity index (χ1) is 7.04. The molecule has 1 aliphatic rings. The van der Waals surface area contributed by atoms with Gasteiger partial charge in [-0.25, -0.2) is 0 Å². The molecule has 0 aromatic carbocycles. The van der Waals surface area contributed by atoms with E-state index < -0.39 is 0 Å². The number of hydrogen-bond acceptors (Lipinski definition) is 3. The molecule has 3 nitrogen and oxygen atoms in total. The Morgan fingerprint density at radius 2 is 2.33 bits per heavy atom. The number of carbonyl (C=O) groups is 1. The number of ketones is 1. The highest BCUT2D eigenvalue weighted by molar-refractivity contribution is 5.95. The minimum atomic E-state index is 0.101. The second-order valence-electron chi connectivity index (χ2n) is 4.63. The molecule has 0 saturated carbocycles. The minimum absolute atomic E-state index is 0.101. The lowest BCUT2D eigenvalue weighted by atomic mass is 9.88. The van der Waals surface area contributed by atoms with Crippen LogP contribution in [0.15, 0.2) is 12.3 Å². The van der Waals surface area contributed by atoms with Crippen LogP contribution in [0.25, 0.3) is 0 Å². The van der Waals surface area contributed by atoms with Gasteiger partial charge in [-0.15, -0.1) is 0 Å². The van der Waals surface area contributed by atoms with Gasteiger partial charge in [-0.1, -0.05) is 20.8 Å². The molecule has 1 aliphatic heterocycles. The van der Waals surface area contributed by atoms with Crippen molar-refractivity contribution >= 4 is 11.5 Å². The average Bonchev–Trinajstić information content (AvgIpc) is 2.53.